The monoisotopic (exact) mass is 266 g/mol. The van der Waals surface area contributed by atoms with Gasteiger partial charge in [-0.05, 0) is 37.1 Å². The average molecular weight is 266 g/mol. The molecule has 0 saturated heterocycles. The Morgan fingerprint density at radius 2 is 2.11 bits per heavy atom. The largest absolute Gasteiger partial charge is 0.409 e. The van der Waals surface area contributed by atoms with Gasteiger partial charge in [0.15, 0.2) is 5.84 Å². The van der Waals surface area contributed by atoms with Crippen molar-refractivity contribution in [2.45, 2.75) is 32.2 Å². The van der Waals surface area contributed by atoms with Gasteiger partial charge in [0.1, 0.15) is 5.69 Å². The maximum atomic E-state index is 8.65. The molecule has 0 radical (unpaired) electrons. The Labute approximate surface area is 113 Å². The molecule has 5 N–H and O–H groups in total. The number of pyridine rings is 1. The van der Waals surface area contributed by atoms with E-state index in [1.807, 2.05) is 6.07 Å². The fourth-order valence-corrected chi connectivity index (χ4v) is 1.72. The van der Waals surface area contributed by atoms with Crippen molar-refractivity contribution in [2.24, 2.45) is 10.9 Å². The molecular weight excluding hydrogens is 244 g/mol. The van der Waals surface area contributed by atoms with Crippen molar-refractivity contribution in [3.63, 3.8) is 0 Å². The fourth-order valence-electron chi connectivity index (χ4n) is 1.72. The maximum absolute atomic E-state index is 8.65. The lowest BCUT2D eigenvalue weighted by atomic mass is 10.2. The van der Waals surface area contributed by atoms with Crippen molar-refractivity contribution in [3.8, 4) is 0 Å². The van der Waals surface area contributed by atoms with Crippen molar-refractivity contribution in [3.05, 3.63) is 29.6 Å². The Kier molecular flexibility index (Phi) is 7.53. The maximum Gasteiger partial charge on any atom is 0.188 e. The van der Waals surface area contributed by atoms with Crippen molar-refractivity contribution in [1.29, 1.82) is 0 Å². The third-order valence-electron chi connectivity index (χ3n) is 2.79. The first kappa shape index (κ1) is 15.4. The Morgan fingerprint density at radius 1 is 1.32 bits per heavy atom. The SMILES string of the molecule is N/C(=N/O)c1cc(CNCCCCCCO)ccn1. The Balaban J connectivity index is 2.26. The van der Waals surface area contributed by atoms with Crippen LogP contribution in [0.5, 0.6) is 0 Å². The van der Waals surface area contributed by atoms with Gasteiger partial charge in [-0.1, -0.05) is 18.0 Å². The first-order valence-corrected chi connectivity index (χ1v) is 6.52. The Hall–Kier alpha value is -1.66. The number of unbranched alkanes of at least 4 members (excludes halogenated alkanes) is 3. The van der Waals surface area contributed by atoms with Gasteiger partial charge >= 0.3 is 0 Å². The molecule has 6 nitrogen and oxygen atoms in total. The summed E-state index contributed by atoms with van der Waals surface area (Å²) in [6.07, 6.45) is 5.82. The third kappa shape index (κ3) is 6.17. The number of aliphatic hydroxyl groups is 1. The lowest BCUT2D eigenvalue weighted by Crippen LogP contribution is -2.18. The first-order valence-electron chi connectivity index (χ1n) is 6.52. The van der Waals surface area contributed by atoms with Crippen LogP contribution < -0.4 is 11.1 Å². The van der Waals surface area contributed by atoms with Crippen LogP contribution in [0.15, 0.2) is 23.5 Å². The summed E-state index contributed by atoms with van der Waals surface area (Å²) in [6, 6.07) is 3.70. The number of hydrogen-bond donors (Lipinski definition) is 4. The van der Waals surface area contributed by atoms with E-state index in [1.54, 1.807) is 12.3 Å². The van der Waals surface area contributed by atoms with E-state index in [-0.39, 0.29) is 12.4 Å². The van der Waals surface area contributed by atoms with Gasteiger partial charge in [0.25, 0.3) is 0 Å². The predicted octanol–water partition coefficient (Wildman–Crippen LogP) is 0.818. The van der Waals surface area contributed by atoms with Crippen molar-refractivity contribution in [1.82, 2.24) is 10.3 Å². The molecular formula is C13H22N4O2. The van der Waals surface area contributed by atoms with Crippen molar-refractivity contribution < 1.29 is 10.3 Å². The summed E-state index contributed by atoms with van der Waals surface area (Å²) in [7, 11) is 0. The van der Waals surface area contributed by atoms with E-state index in [4.69, 9.17) is 16.0 Å². The van der Waals surface area contributed by atoms with E-state index < -0.39 is 0 Å². The van der Waals surface area contributed by atoms with Gasteiger partial charge in [0.2, 0.25) is 0 Å². The van der Waals surface area contributed by atoms with Gasteiger partial charge in [0, 0.05) is 19.3 Å². The van der Waals surface area contributed by atoms with Crippen LogP contribution in [-0.4, -0.2) is 34.3 Å². The van der Waals surface area contributed by atoms with Crippen LogP contribution in [0.1, 0.15) is 36.9 Å². The Morgan fingerprint density at radius 3 is 2.84 bits per heavy atom. The van der Waals surface area contributed by atoms with E-state index >= 15 is 0 Å². The summed E-state index contributed by atoms with van der Waals surface area (Å²) < 4.78 is 0. The summed E-state index contributed by atoms with van der Waals surface area (Å²) in [6.45, 7) is 1.95. The number of aromatic nitrogens is 1. The molecule has 0 aliphatic heterocycles. The molecule has 0 aromatic carbocycles. The molecule has 0 spiro atoms. The predicted molar refractivity (Wildman–Crippen MR) is 74.0 cm³/mol. The molecule has 0 aliphatic carbocycles. The molecule has 0 fully saturated rings. The second kappa shape index (κ2) is 9.29. The fraction of sp³-hybridized carbons (Fsp3) is 0.538. The topological polar surface area (TPSA) is 104 Å². The minimum absolute atomic E-state index is 0.0193. The number of hydrogen-bond acceptors (Lipinski definition) is 5. The zero-order chi connectivity index (χ0) is 13.9. The second-order valence-corrected chi connectivity index (χ2v) is 4.35. The molecule has 1 rings (SSSR count). The average Bonchev–Trinajstić information content (AvgIpc) is 2.46. The normalized spacial score (nSPS) is 11.7. The number of nitrogens with zero attached hydrogens (tertiary/aromatic N) is 2. The van der Waals surface area contributed by atoms with Gasteiger partial charge in [-0.15, -0.1) is 0 Å². The van der Waals surface area contributed by atoms with Crippen LogP contribution in [0.4, 0.5) is 0 Å². The molecule has 1 heterocycles. The summed E-state index contributed by atoms with van der Waals surface area (Å²) in [5.74, 6) is 0.0193. The number of nitrogens with one attached hydrogen (secondary N) is 1. The van der Waals surface area contributed by atoms with Crippen LogP contribution in [-0.2, 0) is 6.54 Å². The molecule has 106 valence electrons. The molecule has 19 heavy (non-hydrogen) atoms. The molecule has 0 aliphatic rings. The second-order valence-electron chi connectivity index (χ2n) is 4.35. The summed E-state index contributed by atoms with van der Waals surface area (Å²) in [5, 5.41) is 23.5. The van der Waals surface area contributed by atoms with Gasteiger partial charge < -0.3 is 21.4 Å². The quantitative estimate of drug-likeness (QED) is 0.174. The molecule has 0 unspecified atom stereocenters. The molecule has 0 saturated carbocycles. The zero-order valence-electron chi connectivity index (χ0n) is 11.0. The van der Waals surface area contributed by atoms with Crippen molar-refractivity contribution in [2.75, 3.05) is 13.2 Å². The van der Waals surface area contributed by atoms with Crippen LogP contribution >= 0.6 is 0 Å². The van der Waals surface area contributed by atoms with E-state index in [1.165, 1.54) is 0 Å². The first-order chi connectivity index (χ1) is 9.27. The summed E-state index contributed by atoms with van der Waals surface area (Å²) in [4.78, 5) is 4.02. The highest BCUT2D eigenvalue weighted by atomic mass is 16.4. The number of rotatable bonds is 9. The number of amidine groups is 1. The molecule has 0 amide bonds. The molecule has 1 aromatic heterocycles. The Bertz CT molecular complexity index is 396. The molecule has 0 bridgehead atoms. The van der Waals surface area contributed by atoms with Gasteiger partial charge in [0.05, 0.1) is 0 Å². The minimum atomic E-state index is 0.0193. The highest BCUT2D eigenvalue weighted by Gasteiger charge is 2.01. The molecule has 6 heteroatoms. The van der Waals surface area contributed by atoms with Crippen LogP contribution in [0.3, 0.4) is 0 Å². The summed E-state index contributed by atoms with van der Waals surface area (Å²) >= 11 is 0. The van der Waals surface area contributed by atoms with E-state index in [9.17, 15) is 0 Å². The minimum Gasteiger partial charge on any atom is -0.409 e. The smallest absolute Gasteiger partial charge is 0.188 e. The standard InChI is InChI=1S/C13H22N4O2/c14-13(17-19)12-9-11(5-7-16-12)10-15-6-3-1-2-4-8-18/h5,7,9,15,18-19H,1-4,6,8,10H2,(H2,14,17). The highest BCUT2D eigenvalue weighted by Crippen LogP contribution is 2.02. The molecule has 0 atom stereocenters. The number of oxime groups is 1. The van der Waals surface area contributed by atoms with Crippen molar-refractivity contribution >= 4 is 5.84 Å². The zero-order valence-corrected chi connectivity index (χ0v) is 11.0. The van der Waals surface area contributed by atoms with Crippen LogP contribution in [0, 0.1) is 0 Å². The summed E-state index contributed by atoms with van der Waals surface area (Å²) in [5.41, 5.74) is 7.01. The van der Waals surface area contributed by atoms with Gasteiger partial charge in [-0.25, -0.2) is 0 Å². The lowest BCUT2D eigenvalue weighted by Gasteiger charge is -2.06. The number of aliphatic hydroxyl groups excluding tert-OH is 1. The van der Waals surface area contributed by atoms with E-state index in [0.717, 1.165) is 44.3 Å². The van der Waals surface area contributed by atoms with E-state index in [2.05, 4.69) is 15.5 Å². The lowest BCUT2D eigenvalue weighted by molar-refractivity contribution is 0.282. The highest BCUT2D eigenvalue weighted by molar-refractivity contribution is 5.95. The van der Waals surface area contributed by atoms with Crippen LogP contribution in [0.25, 0.3) is 0 Å². The number of nitrogens with two attached hydrogens (primary N) is 1. The van der Waals surface area contributed by atoms with E-state index in [0.29, 0.717) is 5.69 Å². The van der Waals surface area contributed by atoms with Gasteiger partial charge in [-0.3, -0.25) is 4.98 Å². The third-order valence-corrected chi connectivity index (χ3v) is 2.79. The van der Waals surface area contributed by atoms with Crippen LogP contribution in [0.2, 0.25) is 0 Å². The molecule has 1 aromatic rings. The van der Waals surface area contributed by atoms with Gasteiger partial charge in [-0.2, -0.15) is 0 Å².